The predicted molar refractivity (Wildman–Crippen MR) is 123 cm³/mol. The van der Waals surface area contributed by atoms with Gasteiger partial charge in [0.15, 0.2) is 17.5 Å². The van der Waals surface area contributed by atoms with Gasteiger partial charge in [0.05, 0.1) is 34.0 Å². The lowest BCUT2D eigenvalue weighted by molar-refractivity contribution is 0.00867. The Morgan fingerprint density at radius 1 is 1.13 bits per heavy atom. The van der Waals surface area contributed by atoms with Crippen molar-refractivity contribution in [3.63, 3.8) is 0 Å². The van der Waals surface area contributed by atoms with Gasteiger partial charge in [-0.15, -0.1) is 0 Å². The Morgan fingerprint density at radius 3 is 2.50 bits per heavy atom. The van der Waals surface area contributed by atoms with Gasteiger partial charge < -0.3 is 24.8 Å². The first kappa shape index (κ1) is 24.3. The fourth-order valence-corrected chi connectivity index (χ4v) is 3.72. The normalized spacial score (nSPS) is 16.4. The second kappa shape index (κ2) is 13.3. The third-order valence-electron chi connectivity index (χ3n) is 5.45. The molecule has 0 saturated carbocycles. The van der Waals surface area contributed by atoms with E-state index in [0.717, 1.165) is 76.2 Å². The molecule has 0 spiro atoms. The van der Waals surface area contributed by atoms with Crippen LogP contribution in [0.4, 0.5) is 0 Å². The summed E-state index contributed by atoms with van der Waals surface area (Å²) in [6, 6.07) is 6.55. The van der Waals surface area contributed by atoms with E-state index < -0.39 is 0 Å². The fourth-order valence-electron chi connectivity index (χ4n) is 3.72. The molecule has 1 aromatic rings. The number of ether oxygens (including phenoxy) is 3. The Morgan fingerprint density at radius 2 is 1.87 bits per heavy atom. The maximum absolute atomic E-state index is 5.51. The zero-order chi connectivity index (χ0) is 21.8. The molecule has 0 aromatic heterocycles. The minimum atomic E-state index is 0.441. The number of nitrogens with one attached hydrogen (secondary N) is 2. The Kier molecular flexibility index (Phi) is 10.8. The number of aryl methyl sites for hydroxylation is 1. The van der Waals surface area contributed by atoms with E-state index in [1.165, 1.54) is 5.56 Å². The molecule has 2 rings (SSSR count). The first-order valence-electron chi connectivity index (χ1n) is 11.1. The summed E-state index contributed by atoms with van der Waals surface area (Å²) in [5, 5.41) is 6.85. The standard InChI is InChI=1S/C23H40N4O3/c1-6-24-23(26-17-20(18(2)3)27-12-14-30-15-13-27)25-11-7-8-19-9-10-21(28-4)22(16-19)29-5/h9-10,16,18,20H,6-8,11-15,17H2,1-5H3,(H2,24,25,26). The molecule has 0 bridgehead atoms. The van der Waals surface area contributed by atoms with Crippen LogP contribution in [-0.4, -0.2) is 77.1 Å². The van der Waals surface area contributed by atoms with Crippen LogP contribution < -0.4 is 20.1 Å². The van der Waals surface area contributed by atoms with Gasteiger partial charge in [0.2, 0.25) is 0 Å². The van der Waals surface area contributed by atoms with Crippen LogP contribution >= 0.6 is 0 Å². The minimum Gasteiger partial charge on any atom is -0.493 e. The van der Waals surface area contributed by atoms with Crippen LogP contribution in [0.3, 0.4) is 0 Å². The van der Waals surface area contributed by atoms with E-state index in [-0.39, 0.29) is 0 Å². The van der Waals surface area contributed by atoms with Crippen LogP contribution in [0, 0.1) is 5.92 Å². The van der Waals surface area contributed by atoms with E-state index in [0.29, 0.717) is 12.0 Å². The van der Waals surface area contributed by atoms with E-state index in [2.05, 4.69) is 42.4 Å². The van der Waals surface area contributed by atoms with Gasteiger partial charge >= 0.3 is 0 Å². The van der Waals surface area contributed by atoms with Crippen LogP contribution in [0.1, 0.15) is 32.8 Å². The second-order valence-electron chi connectivity index (χ2n) is 7.90. The van der Waals surface area contributed by atoms with E-state index >= 15 is 0 Å². The number of morpholine rings is 1. The summed E-state index contributed by atoms with van der Waals surface area (Å²) in [6.45, 7) is 12.8. The van der Waals surface area contributed by atoms with Crippen molar-refractivity contribution in [1.82, 2.24) is 15.5 Å². The number of benzene rings is 1. The fraction of sp³-hybridized carbons (Fsp3) is 0.696. The maximum atomic E-state index is 5.51. The third kappa shape index (κ3) is 7.69. The summed E-state index contributed by atoms with van der Waals surface area (Å²) < 4.78 is 16.2. The highest BCUT2D eigenvalue weighted by molar-refractivity contribution is 5.79. The van der Waals surface area contributed by atoms with Crippen molar-refractivity contribution in [2.45, 2.75) is 39.7 Å². The molecule has 1 aliphatic heterocycles. The monoisotopic (exact) mass is 420 g/mol. The van der Waals surface area contributed by atoms with Crippen LogP contribution in [0.25, 0.3) is 0 Å². The lowest BCUT2D eigenvalue weighted by Gasteiger charge is -2.36. The quantitative estimate of drug-likeness (QED) is 0.326. The molecule has 1 unspecified atom stereocenters. The highest BCUT2D eigenvalue weighted by Gasteiger charge is 2.23. The molecule has 1 heterocycles. The molecule has 0 aliphatic carbocycles. The van der Waals surface area contributed by atoms with Crippen molar-refractivity contribution in [2.24, 2.45) is 10.9 Å². The number of hydrogen-bond acceptors (Lipinski definition) is 5. The number of rotatable bonds is 11. The molecule has 7 heteroatoms. The second-order valence-corrected chi connectivity index (χ2v) is 7.90. The molecule has 30 heavy (non-hydrogen) atoms. The first-order chi connectivity index (χ1) is 14.6. The molecule has 1 aliphatic rings. The lowest BCUT2D eigenvalue weighted by Crippen LogP contribution is -2.48. The minimum absolute atomic E-state index is 0.441. The van der Waals surface area contributed by atoms with Gasteiger partial charge in [-0.05, 0) is 43.4 Å². The molecule has 170 valence electrons. The van der Waals surface area contributed by atoms with E-state index in [9.17, 15) is 0 Å². The molecular formula is C23H40N4O3. The van der Waals surface area contributed by atoms with Crippen molar-refractivity contribution >= 4 is 5.96 Å². The van der Waals surface area contributed by atoms with Crippen LogP contribution in [0.15, 0.2) is 23.2 Å². The average Bonchev–Trinajstić information content (AvgIpc) is 2.77. The molecular weight excluding hydrogens is 380 g/mol. The highest BCUT2D eigenvalue weighted by atomic mass is 16.5. The van der Waals surface area contributed by atoms with Gasteiger partial charge in [0.1, 0.15) is 0 Å². The Labute approximate surface area is 182 Å². The zero-order valence-corrected chi connectivity index (χ0v) is 19.4. The molecule has 1 aromatic carbocycles. The highest BCUT2D eigenvalue weighted by Crippen LogP contribution is 2.27. The molecule has 1 saturated heterocycles. The number of methoxy groups -OCH3 is 2. The van der Waals surface area contributed by atoms with E-state index in [4.69, 9.17) is 19.2 Å². The largest absolute Gasteiger partial charge is 0.493 e. The van der Waals surface area contributed by atoms with E-state index in [1.807, 2.05) is 12.1 Å². The summed E-state index contributed by atoms with van der Waals surface area (Å²) >= 11 is 0. The maximum Gasteiger partial charge on any atom is 0.191 e. The van der Waals surface area contributed by atoms with Gasteiger partial charge in [0.25, 0.3) is 0 Å². The topological polar surface area (TPSA) is 67.4 Å². The van der Waals surface area contributed by atoms with Crippen LogP contribution in [0.2, 0.25) is 0 Å². The number of hydrogen-bond donors (Lipinski definition) is 2. The summed E-state index contributed by atoms with van der Waals surface area (Å²) in [7, 11) is 3.33. The first-order valence-corrected chi connectivity index (χ1v) is 11.1. The molecule has 7 nitrogen and oxygen atoms in total. The smallest absolute Gasteiger partial charge is 0.191 e. The van der Waals surface area contributed by atoms with Gasteiger partial charge in [-0.25, -0.2) is 0 Å². The van der Waals surface area contributed by atoms with E-state index in [1.54, 1.807) is 14.2 Å². The van der Waals surface area contributed by atoms with Crippen LogP contribution in [-0.2, 0) is 11.2 Å². The van der Waals surface area contributed by atoms with Crippen molar-refractivity contribution in [2.75, 3.05) is 60.2 Å². The molecule has 0 radical (unpaired) electrons. The number of aliphatic imine (C=N–C) groups is 1. The SMILES string of the molecule is CCNC(=NCC(C(C)C)N1CCOCC1)NCCCc1ccc(OC)c(OC)c1. The third-order valence-corrected chi connectivity index (χ3v) is 5.45. The van der Waals surface area contributed by atoms with Gasteiger partial charge in [-0.2, -0.15) is 0 Å². The summed E-state index contributed by atoms with van der Waals surface area (Å²) in [5.41, 5.74) is 1.24. The Bertz CT molecular complexity index is 645. The van der Waals surface area contributed by atoms with Crippen molar-refractivity contribution in [3.05, 3.63) is 23.8 Å². The van der Waals surface area contributed by atoms with Gasteiger partial charge in [-0.1, -0.05) is 19.9 Å². The van der Waals surface area contributed by atoms with Gasteiger partial charge in [0, 0.05) is 32.2 Å². The number of nitrogens with zero attached hydrogens (tertiary/aromatic N) is 2. The summed E-state index contributed by atoms with van der Waals surface area (Å²) in [4.78, 5) is 7.39. The van der Waals surface area contributed by atoms with Gasteiger partial charge in [-0.3, -0.25) is 9.89 Å². The van der Waals surface area contributed by atoms with Crippen molar-refractivity contribution in [1.29, 1.82) is 0 Å². The molecule has 0 amide bonds. The van der Waals surface area contributed by atoms with Crippen molar-refractivity contribution in [3.8, 4) is 11.5 Å². The Hall–Kier alpha value is -1.99. The average molecular weight is 421 g/mol. The number of guanidine groups is 1. The van der Waals surface area contributed by atoms with Crippen molar-refractivity contribution < 1.29 is 14.2 Å². The summed E-state index contributed by atoms with van der Waals surface area (Å²) in [5.74, 6) is 2.99. The molecule has 1 fully saturated rings. The summed E-state index contributed by atoms with van der Waals surface area (Å²) in [6.07, 6.45) is 1.98. The Balaban J connectivity index is 1.85. The lowest BCUT2D eigenvalue weighted by atomic mass is 10.0. The predicted octanol–water partition coefficient (Wildman–Crippen LogP) is 2.55. The zero-order valence-electron chi connectivity index (χ0n) is 19.4. The molecule has 1 atom stereocenters. The van der Waals surface area contributed by atoms with Crippen LogP contribution in [0.5, 0.6) is 11.5 Å². The molecule has 2 N–H and O–H groups in total.